The van der Waals surface area contributed by atoms with Gasteiger partial charge >= 0.3 is 0 Å². The molecule has 2 aromatic rings. The molecule has 0 fully saturated rings. The molecule has 0 saturated heterocycles. The van der Waals surface area contributed by atoms with Crippen LogP contribution < -0.4 is 5.32 Å². The Morgan fingerprint density at radius 2 is 1.92 bits per heavy atom. The van der Waals surface area contributed by atoms with Gasteiger partial charge in [-0.25, -0.2) is 4.68 Å². The van der Waals surface area contributed by atoms with Crippen LogP contribution in [0.2, 0.25) is 0 Å². The van der Waals surface area contributed by atoms with E-state index < -0.39 is 11.0 Å². The normalized spacial score (nSPS) is 12.2. The molecule has 0 unspecified atom stereocenters. The van der Waals surface area contributed by atoms with Crippen LogP contribution in [0.3, 0.4) is 0 Å². The monoisotopic (exact) mass is 346 g/mol. The van der Waals surface area contributed by atoms with Crippen LogP contribution in [0.5, 0.6) is 0 Å². The van der Waals surface area contributed by atoms with Gasteiger partial charge in [0.2, 0.25) is 0 Å². The molecule has 1 atom stereocenters. The van der Waals surface area contributed by atoms with Crippen LogP contribution in [0.1, 0.15) is 37.2 Å². The van der Waals surface area contributed by atoms with Crippen molar-refractivity contribution in [2.75, 3.05) is 6.54 Å². The Bertz CT molecular complexity index is 723. The van der Waals surface area contributed by atoms with E-state index in [1.165, 1.54) is 16.8 Å². The minimum Gasteiger partial charge on any atom is -0.391 e. The SMILES string of the molecule is CCC(CC)[C@H](O)CNC(=O)c1ccn(-c2ccc([N+](=O)[O-])cc2)n1. The number of rotatable bonds is 8. The molecule has 2 N–H and O–H groups in total. The first-order chi connectivity index (χ1) is 12.0. The molecule has 8 heteroatoms. The first-order valence-corrected chi connectivity index (χ1v) is 8.23. The molecule has 0 radical (unpaired) electrons. The predicted molar refractivity (Wildman–Crippen MR) is 92.6 cm³/mol. The van der Waals surface area contributed by atoms with Gasteiger partial charge in [-0.1, -0.05) is 26.7 Å². The van der Waals surface area contributed by atoms with Gasteiger partial charge in [-0.3, -0.25) is 14.9 Å². The fourth-order valence-corrected chi connectivity index (χ4v) is 2.60. The number of aromatic nitrogens is 2. The Hall–Kier alpha value is -2.74. The molecular formula is C17H22N4O4. The summed E-state index contributed by atoms with van der Waals surface area (Å²) in [7, 11) is 0. The highest BCUT2D eigenvalue weighted by atomic mass is 16.6. The summed E-state index contributed by atoms with van der Waals surface area (Å²) in [6, 6.07) is 7.43. The lowest BCUT2D eigenvalue weighted by atomic mass is 9.96. The van der Waals surface area contributed by atoms with E-state index in [0.29, 0.717) is 5.69 Å². The number of carbonyl (C=O) groups is 1. The van der Waals surface area contributed by atoms with E-state index in [1.54, 1.807) is 24.4 Å². The summed E-state index contributed by atoms with van der Waals surface area (Å²) >= 11 is 0. The standard InChI is InChI=1S/C17H22N4O4/c1-3-12(4-2)16(22)11-18-17(23)15-9-10-20(19-15)13-5-7-14(8-6-13)21(24)25/h5-10,12,16,22H,3-4,11H2,1-2H3,(H,18,23)/t16-/m1/s1. The Morgan fingerprint density at radius 3 is 2.48 bits per heavy atom. The van der Waals surface area contributed by atoms with Crippen LogP contribution >= 0.6 is 0 Å². The third-order valence-electron chi connectivity index (χ3n) is 4.21. The van der Waals surface area contributed by atoms with Crippen molar-refractivity contribution in [1.82, 2.24) is 15.1 Å². The Balaban J connectivity index is 2.00. The van der Waals surface area contributed by atoms with Crippen molar-refractivity contribution in [3.63, 3.8) is 0 Å². The average Bonchev–Trinajstić information content (AvgIpc) is 3.11. The van der Waals surface area contributed by atoms with Gasteiger partial charge in [0.15, 0.2) is 5.69 Å². The Labute approximate surface area is 145 Å². The van der Waals surface area contributed by atoms with Gasteiger partial charge in [-0.15, -0.1) is 0 Å². The Morgan fingerprint density at radius 1 is 1.28 bits per heavy atom. The molecule has 0 aliphatic rings. The first kappa shape index (κ1) is 18.6. The maximum absolute atomic E-state index is 12.1. The van der Waals surface area contributed by atoms with Crippen molar-refractivity contribution in [2.24, 2.45) is 5.92 Å². The summed E-state index contributed by atoms with van der Waals surface area (Å²) in [5.74, 6) is -0.219. The van der Waals surface area contributed by atoms with E-state index in [2.05, 4.69) is 10.4 Å². The van der Waals surface area contributed by atoms with Crippen LogP contribution in [0.4, 0.5) is 5.69 Å². The topological polar surface area (TPSA) is 110 Å². The van der Waals surface area contributed by atoms with E-state index in [1.807, 2.05) is 13.8 Å². The van der Waals surface area contributed by atoms with Crippen molar-refractivity contribution in [1.29, 1.82) is 0 Å². The minimum absolute atomic E-state index is 0.00994. The molecule has 1 heterocycles. The van der Waals surface area contributed by atoms with Gasteiger partial charge in [0.05, 0.1) is 16.7 Å². The number of hydrogen-bond donors (Lipinski definition) is 2. The van der Waals surface area contributed by atoms with Gasteiger partial charge < -0.3 is 10.4 Å². The second kappa shape index (κ2) is 8.39. The molecule has 0 bridgehead atoms. The summed E-state index contributed by atoms with van der Waals surface area (Å²) in [6.07, 6.45) is 2.72. The van der Waals surface area contributed by atoms with Crippen LogP contribution in [-0.4, -0.2) is 38.4 Å². The third kappa shape index (κ3) is 4.63. The molecule has 2 rings (SSSR count). The van der Waals surface area contributed by atoms with E-state index in [9.17, 15) is 20.0 Å². The molecule has 1 aromatic carbocycles. The van der Waals surface area contributed by atoms with Gasteiger partial charge in [-0.05, 0) is 24.1 Å². The number of non-ortho nitro benzene ring substituents is 1. The summed E-state index contributed by atoms with van der Waals surface area (Å²) in [5, 5.41) is 27.6. The fourth-order valence-electron chi connectivity index (χ4n) is 2.60. The number of nitrogens with one attached hydrogen (secondary N) is 1. The lowest BCUT2D eigenvalue weighted by Gasteiger charge is -2.19. The molecule has 0 spiro atoms. The van der Waals surface area contributed by atoms with Crippen molar-refractivity contribution in [3.05, 3.63) is 52.3 Å². The summed E-state index contributed by atoms with van der Waals surface area (Å²) < 4.78 is 1.47. The Kier molecular flexibility index (Phi) is 6.24. The lowest BCUT2D eigenvalue weighted by molar-refractivity contribution is -0.384. The lowest BCUT2D eigenvalue weighted by Crippen LogP contribution is -2.36. The van der Waals surface area contributed by atoms with Gasteiger partial charge in [0, 0.05) is 24.9 Å². The number of nitro benzene ring substituents is 1. The number of amides is 1. The van der Waals surface area contributed by atoms with Crippen LogP contribution in [0.25, 0.3) is 5.69 Å². The molecule has 0 saturated carbocycles. The highest BCUT2D eigenvalue weighted by Gasteiger charge is 2.17. The van der Waals surface area contributed by atoms with Gasteiger partial charge in [0.25, 0.3) is 11.6 Å². The molecule has 134 valence electrons. The molecule has 25 heavy (non-hydrogen) atoms. The van der Waals surface area contributed by atoms with Crippen molar-refractivity contribution in [2.45, 2.75) is 32.8 Å². The number of aliphatic hydroxyl groups excluding tert-OH is 1. The number of aliphatic hydroxyl groups is 1. The largest absolute Gasteiger partial charge is 0.391 e. The fraction of sp³-hybridized carbons (Fsp3) is 0.412. The summed E-state index contributed by atoms with van der Waals surface area (Å²) in [5.41, 5.74) is 0.820. The van der Waals surface area contributed by atoms with E-state index in [-0.39, 0.29) is 29.8 Å². The zero-order valence-corrected chi connectivity index (χ0v) is 14.3. The van der Waals surface area contributed by atoms with E-state index >= 15 is 0 Å². The third-order valence-corrected chi connectivity index (χ3v) is 4.21. The number of nitro groups is 1. The molecule has 0 aliphatic carbocycles. The first-order valence-electron chi connectivity index (χ1n) is 8.23. The maximum Gasteiger partial charge on any atom is 0.271 e. The zero-order valence-electron chi connectivity index (χ0n) is 14.3. The molecule has 1 amide bonds. The average molecular weight is 346 g/mol. The van der Waals surface area contributed by atoms with Crippen molar-refractivity contribution >= 4 is 11.6 Å². The second-order valence-corrected chi connectivity index (χ2v) is 5.77. The second-order valence-electron chi connectivity index (χ2n) is 5.77. The highest BCUT2D eigenvalue weighted by Crippen LogP contribution is 2.15. The van der Waals surface area contributed by atoms with Crippen molar-refractivity contribution < 1.29 is 14.8 Å². The van der Waals surface area contributed by atoms with E-state index in [0.717, 1.165) is 12.8 Å². The summed E-state index contributed by atoms with van der Waals surface area (Å²) in [4.78, 5) is 22.3. The molecular weight excluding hydrogens is 324 g/mol. The van der Waals surface area contributed by atoms with Crippen LogP contribution in [-0.2, 0) is 0 Å². The molecule has 0 aliphatic heterocycles. The van der Waals surface area contributed by atoms with Crippen molar-refractivity contribution in [3.8, 4) is 5.69 Å². The number of benzene rings is 1. The van der Waals surface area contributed by atoms with Gasteiger partial charge in [-0.2, -0.15) is 5.10 Å². The number of nitrogens with zero attached hydrogens (tertiary/aromatic N) is 3. The smallest absolute Gasteiger partial charge is 0.271 e. The van der Waals surface area contributed by atoms with E-state index in [4.69, 9.17) is 0 Å². The predicted octanol–water partition coefficient (Wildman–Crippen LogP) is 2.31. The minimum atomic E-state index is -0.587. The zero-order chi connectivity index (χ0) is 18.4. The summed E-state index contributed by atoms with van der Waals surface area (Å²) in [6.45, 7) is 4.19. The highest BCUT2D eigenvalue weighted by molar-refractivity contribution is 5.92. The van der Waals surface area contributed by atoms with Gasteiger partial charge in [0.1, 0.15) is 0 Å². The van der Waals surface area contributed by atoms with Crippen LogP contribution in [0.15, 0.2) is 36.5 Å². The maximum atomic E-state index is 12.1. The number of carbonyl (C=O) groups excluding carboxylic acids is 1. The number of hydrogen-bond acceptors (Lipinski definition) is 5. The van der Waals surface area contributed by atoms with Crippen LogP contribution in [0, 0.1) is 16.0 Å². The molecule has 1 aromatic heterocycles. The quantitative estimate of drug-likeness (QED) is 0.563. The molecule has 8 nitrogen and oxygen atoms in total.